The van der Waals surface area contributed by atoms with Crippen LogP contribution in [0.3, 0.4) is 0 Å². The summed E-state index contributed by atoms with van der Waals surface area (Å²) in [5.74, 6) is -2.95. The predicted octanol–water partition coefficient (Wildman–Crippen LogP) is 2.04. The molecule has 15 nitrogen and oxygen atoms in total. The summed E-state index contributed by atoms with van der Waals surface area (Å²) in [5, 5.41) is 48.2. The summed E-state index contributed by atoms with van der Waals surface area (Å²) in [6.45, 7) is 0. The van der Waals surface area contributed by atoms with Gasteiger partial charge in [0.25, 0.3) is 11.4 Å². The van der Waals surface area contributed by atoms with E-state index in [9.17, 15) is 40.0 Å². The van der Waals surface area contributed by atoms with Gasteiger partial charge in [0.2, 0.25) is 0 Å². The molecule has 3 rings (SSSR count). The SMILES string of the molecule is O=C(N/N=C\c1cc([N+](=O)[O-])ccc1O)c1ccc(C(=O)N/N=C\c2cc([N+](=O)[O-])ccc2O)o1. The van der Waals surface area contributed by atoms with E-state index < -0.39 is 21.7 Å². The maximum atomic E-state index is 12.1. The van der Waals surface area contributed by atoms with Crippen molar-refractivity contribution in [2.75, 3.05) is 0 Å². The normalized spacial score (nSPS) is 11.0. The number of phenolic OH excluding ortho intramolecular Hbond substituents is 2. The van der Waals surface area contributed by atoms with Crippen molar-refractivity contribution in [2.45, 2.75) is 0 Å². The van der Waals surface area contributed by atoms with E-state index in [4.69, 9.17) is 4.42 Å². The van der Waals surface area contributed by atoms with Crippen LogP contribution in [0.15, 0.2) is 63.2 Å². The first-order valence-corrected chi connectivity index (χ1v) is 9.37. The molecule has 0 spiro atoms. The number of aromatic hydroxyl groups is 2. The molecule has 4 N–H and O–H groups in total. The van der Waals surface area contributed by atoms with Crippen LogP contribution in [-0.4, -0.2) is 44.3 Å². The van der Waals surface area contributed by atoms with Crippen LogP contribution in [-0.2, 0) is 0 Å². The molecule has 0 radical (unpaired) electrons. The van der Waals surface area contributed by atoms with E-state index in [0.29, 0.717) is 0 Å². The quantitative estimate of drug-likeness (QED) is 0.209. The fourth-order valence-corrected chi connectivity index (χ4v) is 2.53. The molecule has 0 aliphatic rings. The summed E-state index contributed by atoms with van der Waals surface area (Å²) in [6, 6.07) is 8.82. The van der Waals surface area contributed by atoms with Crippen LogP contribution >= 0.6 is 0 Å². The molecule has 15 heteroatoms. The Morgan fingerprint density at radius 3 is 1.54 bits per heavy atom. The van der Waals surface area contributed by atoms with Crippen LogP contribution in [0.2, 0.25) is 0 Å². The Morgan fingerprint density at radius 1 is 0.771 bits per heavy atom. The van der Waals surface area contributed by atoms with Gasteiger partial charge in [0.1, 0.15) is 11.5 Å². The molecule has 0 bridgehead atoms. The van der Waals surface area contributed by atoms with Crippen molar-refractivity contribution in [1.82, 2.24) is 10.9 Å². The third-order valence-corrected chi connectivity index (χ3v) is 4.24. The number of nitrogens with zero attached hydrogens (tertiary/aromatic N) is 4. The van der Waals surface area contributed by atoms with Crippen molar-refractivity contribution >= 4 is 35.6 Å². The van der Waals surface area contributed by atoms with Gasteiger partial charge < -0.3 is 14.6 Å². The standard InChI is InChI=1S/C20H14N6O9/c27-15-3-1-13(25(31)32)7-11(15)9-21-23-19(29)17-5-6-18(35-17)20(30)24-22-10-12-8-14(26(33)34)2-4-16(12)28/h1-10,27-28H,(H,23,29)(H,24,30)/b21-9-,22-10-. The molecule has 2 amide bonds. The maximum absolute atomic E-state index is 12.1. The van der Waals surface area contributed by atoms with E-state index >= 15 is 0 Å². The molecule has 0 atom stereocenters. The van der Waals surface area contributed by atoms with Crippen LogP contribution in [0.1, 0.15) is 32.2 Å². The third-order valence-electron chi connectivity index (χ3n) is 4.24. The molecular formula is C20H14N6O9. The highest BCUT2D eigenvalue weighted by atomic mass is 16.6. The molecule has 1 aromatic heterocycles. The first-order chi connectivity index (χ1) is 16.7. The molecule has 35 heavy (non-hydrogen) atoms. The number of amides is 2. The van der Waals surface area contributed by atoms with Crippen molar-refractivity contribution in [3.63, 3.8) is 0 Å². The molecule has 0 saturated carbocycles. The summed E-state index contributed by atoms with van der Waals surface area (Å²) in [7, 11) is 0. The number of nitro benzene ring substituents is 2. The Hall–Kier alpha value is -5.60. The lowest BCUT2D eigenvalue weighted by Gasteiger charge is -2.00. The van der Waals surface area contributed by atoms with Crippen LogP contribution in [0.4, 0.5) is 11.4 Å². The second kappa shape index (κ2) is 10.3. The molecule has 178 valence electrons. The lowest BCUT2D eigenvalue weighted by molar-refractivity contribution is -0.385. The van der Waals surface area contributed by atoms with Gasteiger partial charge in [0.05, 0.1) is 22.3 Å². The zero-order chi connectivity index (χ0) is 25.5. The number of phenols is 2. The first-order valence-electron chi connectivity index (χ1n) is 9.37. The number of benzene rings is 2. The second-order valence-electron chi connectivity index (χ2n) is 6.56. The van der Waals surface area contributed by atoms with E-state index in [2.05, 4.69) is 21.1 Å². The number of furan rings is 1. The smallest absolute Gasteiger partial charge is 0.307 e. The van der Waals surface area contributed by atoms with Gasteiger partial charge in [0, 0.05) is 35.4 Å². The monoisotopic (exact) mass is 482 g/mol. The lowest BCUT2D eigenvalue weighted by atomic mass is 10.2. The summed E-state index contributed by atoms with van der Waals surface area (Å²) >= 11 is 0. The third kappa shape index (κ3) is 6.01. The minimum atomic E-state index is -0.866. The Balaban J connectivity index is 1.61. The minimum absolute atomic E-state index is 0.0216. The molecule has 0 fully saturated rings. The van der Waals surface area contributed by atoms with Gasteiger partial charge in [-0.3, -0.25) is 29.8 Å². The highest BCUT2D eigenvalue weighted by molar-refractivity contribution is 5.96. The van der Waals surface area contributed by atoms with Gasteiger partial charge in [-0.1, -0.05) is 0 Å². The first kappa shape index (κ1) is 24.1. The predicted molar refractivity (Wildman–Crippen MR) is 118 cm³/mol. The molecule has 3 aromatic rings. The van der Waals surface area contributed by atoms with Gasteiger partial charge in [-0.25, -0.2) is 10.9 Å². The van der Waals surface area contributed by atoms with E-state index in [1.54, 1.807) is 0 Å². The van der Waals surface area contributed by atoms with Gasteiger partial charge in [-0.05, 0) is 24.3 Å². The van der Waals surface area contributed by atoms with E-state index in [1.807, 2.05) is 0 Å². The molecule has 0 aliphatic heterocycles. The minimum Gasteiger partial charge on any atom is -0.507 e. The zero-order valence-electron chi connectivity index (χ0n) is 17.3. The number of nitro groups is 2. The van der Waals surface area contributed by atoms with Crippen LogP contribution in [0.25, 0.3) is 0 Å². The molecular weight excluding hydrogens is 468 g/mol. The molecule has 0 aliphatic carbocycles. The maximum Gasteiger partial charge on any atom is 0.307 e. The number of carbonyl (C=O) groups excluding carboxylic acids is 2. The summed E-state index contributed by atoms with van der Waals surface area (Å²) in [5.41, 5.74) is 3.52. The summed E-state index contributed by atoms with van der Waals surface area (Å²) in [6.07, 6.45) is 1.96. The van der Waals surface area contributed by atoms with Gasteiger partial charge in [-0.15, -0.1) is 0 Å². The highest BCUT2D eigenvalue weighted by Gasteiger charge is 2.16. The number of hydrogen-bond donors (Lipinski definition) is 4. The molecule has 2 aromatic carbocycles. The number of non-ortho nitro benzene ring substituents is 2. The number of carbonyl (C=O) groups is 2. The van der Waals surface area contributed by atoms with Crippen molar-refractivity contribution in [3.8, 4) is 11.5 Å². The fraction of sp³-hybridized carbons (Fsp3) is 0. The van der Waals surface area contributed by atoms with Crippen LogP contribution in [0.5, 0.6) is 11.5 Å². The zero-order valence-corrected chi connectivity index (χ0v) is 17.3. The van der Waals surface area contributed by atoms with Crippen LogP contribution < -0.4 is 10.9 Å². The van der Waals surface area contributed by atoms with Gasteiger partial charge in [-0.2, -0.15) is 10.2 Å². The Bertz CT molecular complexity index is 1280. The van der Waals surface area contributed by atoms with Crippen LogP contribution in [0, 0.1) is 20.2 Å². The largest absolute Gasteiger partial charge is 0.507 e. The fourth-order valence-electron chi connectivity index (χ4n) is 2.53. The van der Waals surface area contributed by atoms with Crippen molar-refractivity contribution in [1.29, 1.82) is 0 Å². The van der Waals surface area contributed by atoms with E-state index in [1.165, 1.54) is 12.1 Å². The number of hydrogen-bond acceptors (Lipinski definition) is 11. The Morgan fingerprint density at radius 2 is 1.17 bits per heavy atom. The molecule has 0 unspecified atom stereocenters. The average Bonchev–Trinajstić information content (AvgIpc) is 3.31. The molecule has 0 saturated heterocycles. The average molecular weight is 482 g/mol. The second-order valence-corrected chi connectivity index (χ2v) is 6.56. The van der Waals surface area contributed by atoms with Gasteiger partial charge in [0.15, 0.2) is 11.5 Å². The lowest BCUT2D eigenvalue weighted by Crippen LogP contribution is -2.18. The number of rotatable bonds is 8. The van der Waals surface area contributed by atoms with Gasteiger partial charge >= 0.3 is 11.8 Å². The topological polar surface area (TPSA) is 223 Å². The summed E-state index contributed by atoms with van der Waals surface area (Å²) in [4.78, 5) is 44.5. The van der Waals surface area contributed by atoms with E-state index in [0.717, 1.165) is 48.8 Å². The van der Waals surface area contributed by atoms with Crippen molar-refractivity contribution in [3.05, 3.63) is 91.4 Å². The molecule has 1 heterocycles. The highest BCUT2D eigenvalue weighted by Crippen LogP contribution is 2.22. The van der Waals surface area contributed by atoms with Crippen molar-refractivity contribution in [2.24, 2.45) is 10.2 Å². The Kier molecular flexibility index (Phi) is 7.11. The number of hydrazone groups is 2. The Labute approximate surface area is 194 Å². The number of nitrogens with one attached hydrogen (secondary N) is 2. The van der Waals surface area contributed by atoms with E-state index in [-0.39, 0.29) is 45.5 Å². The summed E-state index contributed by atoms with van der Waals surface area (Å²) < 4.78 is 5.11. The van der Waals surface area contributed by atoms with Crippen molar-refractivity contribution < 1.29 is 34.1 Å².